The van der Waals surface area contributed by atoms with Gasteiger partial charge in [-0.1, -0.05) is 12.1 Å². The molecule has 25 heavy (non-hydrogen) atoms. The van der Waals surface area contributed by atoms with Crippen molar-refractivity contribution in [2.75, 3.05) is 11.9 Å². The van der Waals surface area contributed by atoms with Crippen molar-refractivity contribution in [1.82, 2.24) is 15.3 Å². The average molecular weight is 363 g/mol. The molecular weight excluding hydrogens is 342 g/mol. The predicted octanol–water partition coefficient (Wildman–Crippen LogP) is 0.917. The molecule has 0 aliphatic heterocycles. The van der Waals surface area contributed by atoms with Crippen LogP contribution in [-0.4, -0.2) is 36.9 Å². The standard InChI is InChI=1S/C16H21N5O3S/c1-11(2)21-15(22)13-9-19-16(20-10-13)18-8-7-12-3-5-14(6-4-12)25(17,23)24/h3-6,9-11H,7-8H2,1-2H3,(H,21,22)(H2,17,23,24)(H,18,19,20). The number of carbonyl (C=O) groups is 1. The number of nitrogens with zero attached hydrogens (tertiary/aromatic N) is 2. The molecule has 8 nitrogen and oxygen atoms in total. The van der Waals surface area contributed by atoms with E-state index in [1.807, 2.05) is 13.8 Å². The summed E-state index contributed by atoms with van der Waals surface area (Å²) in [5, 5.41) is 10.9. The minimum atomic E-state index is -3.67. The van der Waals surface area contributed by atoms with Crippen molar-refractivity contribution < 1.29 is 13.2 Å². The van der Waals surface area contributed by atoms with Crippen molar-refractivity contribution in [1.29, 1.82) is 0 Å². The van der Waals surface area contributed by atoms with E-state index < -0.39 is 10.0 Å². The molecule has 0 atom stereocenters. The molecular formula is C16H21N5O3S. The van der Waals surface area contributed by atoms with Gasteiger partial charge in [-0.2, -0.15) is 0 Å². The maximum Gasteiger partial charge on any atom is 0.254 e. The number of primary sulfonamides is 1. The van der Waals surface area contributed by atoms with E-state index in [2.05, 4.69) is 20.6 Å². The maximum atomic E-state index is 11.8. The first-order valence-electron chi connectivity index (χ1n) is 7.74. The zero-order chi connectivity index (χ0) is 18.4. The quantitative estimate of drug-likeness (QED) is 0.671. The molecule has 9 heteroatoms. The van der Waals surface area contributed by atoms with Gasteiger partial charge < -0.3 is 10.6 Å². The van der Waals surface area contributed by atoms with E-state index in [0.717, 1.165) is 5.56 Å². The van der Waals surface area contributed by atoms with Gasteiger partial charge in [0, 0.05) is 25.0 Å². The van der Waals surface area contributed by atoms with Gasteiger partial charge in [0.25, 0.3) is 5.91 Å². The van der Waals surface area contributed by atoms with Crippen LogP contribution in [0.4, 0.5) is 5.95 Å². The minimum absolute atomic E-state index is 0.0472. The number of benzene rings is 1. The number of sulfonamides is 1. The zero-order valence-electron chi connectivity index (χ0n) is 14.1. The van der Waals surface area contributed by atoms with E-state index in [1.165, 1.54) is 24.5 Å². The number of hydrogen-bond donors (Lipinski definition) is 3. The van der Waals surface area contributed by atoms with Crippen molar-refractivity contribution in [3.8, 4) is 0 Å². The number of nitrogens with two attached hydrogens (primary N) is 1. The van der Waals surface area contributed by atoms with Gasteiger partial charge >= 0.3 is 0 Å². The molecule has 0 fully saturated rings. The molecule has 2 rings (SSSR count). The Balaban J connectivity index is 1.86. The van der Waals surface area contributed by atoms with Crippen molar-refractivity contribution >= 4 is 21.9 Å². The summed E-state index contributed by atoms with van der Waals surface area (Å²) in [6.45, 7) is 4.32. The van der Waals surface area contributed by atoms with Crippen LogP contribution in [0.15, 0.2) is 41.6 Å². The second-order valence-corrected chi connectivity index (χ2v) is 7.35. The highest BCUT2D eigenvalue weighted by Crippen LogP contribution is 2.09. The Morgan fingerprint density at radius 3 is 2.28 bits per heavy atom. The van der Waals surface area contributed by atoms with Gasteiger partial charge in [-0.05, 0) is 38.0 Å². The summed E-state index contributed by atoms with van der Waals surface area (Å²) in [7, 11) is -3.67. The van der Waals surface area contributed by atoms with Crippen LogP contribution in [0.25, 0.3) is 0 Å². The summed E-state index contributed by atoms with van der Waals surface area (Å²) in [5.74, 6) is 0.207. The lowest BCUT2D eigenvalue weighted by molar-refractivity contribution is 0.0942. The highest BCUT2D eigenvalue weighted by Gasteiger charge is 2.08. The zero-order valence-corrected chi connectivity index (χ0v) is 14.9. The normalized spacial score (nSPS) is 11.4. The summed E-state index contributed by atoms with van der Waals surface area (Å²) in [4.78, 5) is 20.1. The fraction of sp³-hybridized carbons (Fsp3) is 0.312. The van der Waals surface area contributed by atoms with E-state index in [-0.39, 0.29) is 16.8 Å². The SMILES string of the molecule is CC(C)NC(=O)c1cnc(NCCc2ccc(S(N)(=O)=O)cc2)nc1. The number of aromatic nitrogens is 2. The molecule has 1 amide bonds. The van der Waals surface area contributed by atoms with Crippen LogP contribution < -0.4 is 15.8 Å². The van der Waals surface area contributed by atoms with Gasteiger partial charge in [-0.3, -0.25) is 4.79 Å². The Kier molecular flexibility index (Phi) is 6.05. The van der Waals surface area contributed by atoms with Crippen molar-refractivity contribution in [3.05, 3.63) is 47.8 Å². The van der Waals surface area contributed by atoms with Crippen molar-refractivity contribution in [2.45, 2.75) is 31.2 Å². The van der Waals surface area contributed by atoms with Crippen LogP contribution in [0.5, 0.6) is 0 Å². The third-order valence-corrected chi connectivity index (χ3v) is 4.21. The van der Waals surface area contributed by atoms with Crippen LogP contribution in [-0.2, 0) is 16.4 Å². The minimum Gasteiger partial charge on any atom is -0.354 e. The topological polar surface area (TPSA) is 127 Å². The number of hydrogen-bond acceptors (Lipinski definition) is 6. The van der Waals surface area contributed by atoms with Gasteiger partial charge in [0.15, 0.2) is 0 Å². The monoisotopic (exact) mass is 363 g/mol. The summed E-state index contributed by atoms with van der Waals surface area (Å²) in [6.07, 6.45) is 3.59. The second-order valence-electron chi connectivity index (χ2n) is 5.79. The van der Waals surface area contributed by atoms with Crippen molar-refractivity contribution in [3.63, 3.8) is 0 Å². The van der Waals surface area contributed by atoms with E-state index in [9.17, 15) is 13.2 Å². The second kappa shape index (κ2) is 8.04. The molecule has 1 aromatic heterocycles. The Morgan fingerprint density at radius 1 is 1.16 bits per heavy atom. The fourth-order valence-corrected chi connectivity index (χ4v) is 2.56. The summed E-state index contributed by atoms with van der Waals surface area (Å²) < 4.78 is 22.4. The summed E-state index contributed by atoms with van der Waals surface area (Å²) >= 11 is 0. The Labute approximate surface area is 146 Å². The predicted molar refractivity (Wildman–Crippen MR) is 94.6 cm³/mol. The van der Waals surface area contributed by atoms with Gasteiger partial charge in [-0.25, -0.2) is 23.5 Å². The first kappa shape index (κ1) is 18.8. The van der Waals surface area contributed by atoms with Crippen LogP contribution in [0, 0.1) is 0 Å². The van der Waals surface area contributed by atoms with Crippen LogP contribution in [0.3, 0.4) is 0 Å². The third-order valence-electron chi connectivity index (χ3n) is 3.28. The molecule has 134 valence electrons. The van der Waals surface area contributed by atoms with Gasteiger partial charge in [-0.15, -0.1) is 0 Å². The number of carbonyl (C=O) groups excluding carboxylic acids is 1. The molecule has 0 bridgehead atoms. The highest BCUT2D eigenvalue weighted by molar-refractivity contribution is 7.89. The van der Waals surface area contributed by atoms with Gasteiger partial charge in [0.05, 0.1) is 10.5 Å². The van der Waals surface area contributed by atoms with Gasteiger partial charge in [0.2, 0.25) is 16.0 Å². The summed E-state index contributed by atoms with van der Waals surface area (Å²) in [5.41, 5.74) is 1.35. The lowest BCUT2D eigenvalue weighted by Crippen LogP contribution is -2.30. The van der Waals surface area contributed by atoms with E-state index in [1.54, 1.807) is 12.1 Å². The molecule has 2 aromatic rings. The molecule has 0 aliphatic carbocycles. The van der Waals surface area contributed by atoms with E-state index >= 15 is 0 Å². The molecule has 4 N–H and O–H groups in total. The molecule has 1 aromatic carbocycles. The van der Waals surface area contributed by atoms with Crippen LogP contribution in [0.1, 0.15) is 29.8 Å². The first-order valence-corrected chi connectivity index (χ1v) is 9.29. The van der Waals surface area contributed by atoms with Crippen molar-refractivity contribution in [2.24, 2.45) is 5.14 Å². The maximum absolute atomic E-state index is 11.8. The molecule has 0 saturated heterocycles. The fourth-order valence-electron chi connectivity index (χ4n) is 2.05. The molecule has 0 spiro atoms. The lowest BCUT2D eigenvalue weighted by atomic mass is 10.1. The summed E-state index contributed by atoms with van der Waals surface area (Å²) in [6, 6.07) is 6.42. The molecule has 1 heterocycles. The number of amides is 1. The number of anilines is 1. The number of nitrogens with one attached hydrogen (secondary N) is 2. The van der Waals surface area contributed by atoms with E-state index in [4.69, 9.17) is 5.14 Å². The molecule has 0 radical (unpaired) electrons. The lowest BCUT2D eigenvalue weighted by Gasteiger charge is -2.08. The largest absolute Gasteiger partial charge is 0.354 e. The molecule has 0 saturated carbocycles. The smallest absolute Gasteiger partial charge is 0.254 e. The third kappa shape index (κ3) is 5.80. The number of rotatable bonds is 7. The first-order chi connectivity index (χ1) is 11.8. The van der Waals surface area contributed by atoms with Crippen LogP contribution >= 0.6 is 0 Å². The highest BCUT2D eigenvalue weighted by atomic mass is 32.2. The molecule has 0 unspecified atom stereocenters. The average Bonchev–Trinajstić information content (AvgIpc) is 2.54. The molecule has 0 aliphatic rings. The Bertz CT molecular complexity index is 818. The van der Waals surface area contributed by atoms with E-state index in [0.29, 0.717) is 24.5 Å². The van der Waals surface area contributed by atoms with Crippen LogP contribution in [0.2, 0.25) is 0 Å². The Hall–Kier alpha value is -2.52. The van der Waals surface area contributed by atoms with Gasteiger partial charge in [0.1, 0.15) is 0 Å². The Morgan fingerprint density at radius 2 is 1.76 bits per heavy atom.